The van der Waals surface area contributed by atoms with E-state index in [0.717, 1.165) is 44.9 Å². The molecule has 0 fully saturated rings. The van der Waals surface area contributed by atoms with Gasteiger partial charge in [-0.05, 0) is 65.4 Å². The van der Waals surface area contributed by atoms with Crippen molar-refractivity contribution in [2.24, 2.45) is 9.98 Å². The minimum absolute atomic E-state index is 0.560. The molecule has 47 heavy (non-hydrogen) atoms. The van der Waals surface area contributed by atoms with Crippen LogP contribution < -0.4 is 0 Å². The Morgan fingerprint density at radius 1 is 0.702 bits per heavy atom. The second-order valence-corrected chi connectivity index (χ2v) is 11.8. The molecule has 1 aromatic heterocycles. The van der Waals surface area contributed by atoms with E-state index in [-0.39, 0.29) is 0 Å². The molecule has 0 unspecified atom stereocenters. The first-order chi connectivity index (χ1) is 23.2. The Kier molecular flexibility index (Phi) is 7.13. The molecule has 0 saturated carbocycles. The molecule has 7 aromatic rings. The fourth-order valence-electron chi connectivity index (χ4n) is 6.90. The molecule has 0 atom stereocenters. The first-order valence-electron chi connectivity index (χ1n) is 15.7. The van der Waals surface area contributed by atoms with E-state index in [4.69, 9.17) is 4.99 Å². The number of fused-ring (bicyclic) bond motifs is 4. The zero-order chi connectivity index (χ0) is 31.7. The molecular formula is C43H30N4. The van der Waals surface area contributed by atoms with E-state index in [1.807, 2.05) is 42.5 Å². The van der Waals surface area contributed by atoms with Crippen LogP contribution >= 0.6 is 0 Å². The minimum Gasteiger partial charge on any atom is -0.309 e. The third-order valence-corrected chi connectivity index (χ3v) is 9.06. The van der Waals surface area contributed by atoms with Gasteiger partial charge in [0.2, 0.25) is 0 Å². The van der Waals surface area contributed by atoms with Crippen molar-refractivity contribution in [2.45, 2.75) is 13.0 Å². The predicted octanol–water partition coefficient (Wildman–Crippen LogP) is 9.98. The summed E-state index contributed by atoms with van der Waals surface area (Å²) in [5.74, 6) is 0. The van der Waals surface area contributed by atoms with Crippen LogP contribution in [0.15, 0.2) is 161 Å². The highest BCUT2D eigenvalue weighted by Gasteiger charge is 2.29. The van der Waals surface area contributed by atoms with E-state index in [1.165, 1.54) is 32.9 Å². The van der Waals surface area contributed by atoms with Gasteiger partial charge in [0.05, 0.1) is 40.6 Å². The zero-order valence-electron chi connectivity index (χ0n) is 25.8. The number of benzene rings is 6. The van der Waals surface area contributed by atoms with Gasteiger partial charge in [-0.3, -0.25) is 9.98 Å². The monoisotopic (exact) mass is 602 g/mol. The number of para-hydroxylation sites is 2. The van der Waals surface area contributed by atoms with Crippen molar-refractivity contribution in [1.29, 1.82) is 5.26 Å². The number of hydrogen-bond donors (Lipinski definition) is 0. The summed E-state index contributed by atoms with van der Waals surface area (Å²) in [6, 6.07) is 52.7. The predicted molar refractivity (Wildman–Crippen MR) is 194 cm³/mol. The molecule has 1 heterocycles. The highest BCUT2D eigenvalue weighted by Crippen LogP contribution is 2.40. The van der Waals surface area contributed by atoms with Crippen LogP contribution in [0.2, 0.25) is 0 Å². The minimum atomic E-state index is 0.560. The lowest BCUT2D eigenvalue weighted by molar-refractivity contribution is 1.07. The van der Waals surface area contributed by atoms with Crippen molar-refractivity contribution < 1.29 is 0 Å². The summed E-state index contributed by atoms with van der Waals surface area (Å²) < 4.78 is 2.36. The number of allylic oxidation sites excluding steroid dienone is 1. The fourth-order valence-corrected chi connectivity index (χ4v) is 6.90. The molecule has 0 radical (unpaired) electrons. The first kappa shape index (κ1) is 28.2. The van der Waals surface area contributed by atoms with Crippen molar-refractivity contribution in [3.8, 4) is 22.9 Å². The van der Waals surface area contributed by atoms with Crippen LogP contribution in [0.4, 0.5) is 0 Å². The summed E-state index contributed by atoms with van der Waals surface area (Å²) in [5, 5.41) is 11.9. The maximum atomic E-state index is 9.38. The fraction of sp³-hybridized carbons (Fsp3) is 0.0465. The van der Waals surface area contributed by atoms with Crippen LogP contribution in [-0.4, -0.2) is 17.0 Å². The molecule has 1 aliphatic rings. The van der Waals surface area contributed by atoms with Gasteiger partial charge in [-0.15, -0.1) is 0 Å². The zero-order valence-corrected chi connectivity index (χ0v) is 25.8. The largest absolute Gasteiger partial charge is 0.309 e. The van der Waals surface area contributed by atoms with Crippen LogP contribution in [0.3, 0.4) is 0 Å². The molecule has 0 N–H and O–H groups in total. The van der Waals surface area contributed by atoms with E-state index >= 15 is 0 Å². The Labute approximate surface area is 273 Å². The molecule has 0 bridgehead atoms. The quantitative estimate of drug-likeness (QED) is 0.175. The highest BCUT2D eigenvalue weighted by molar-refractivity contribution is 6.21. The normalized spacial score (nSPS) is 14.3. The standard InChI is InChI=1S/C43H30N4/c1-45-42(31-23-21-29(27-44)22-24-31)39-26-38-34(17-10-18-37(38)43(39)46-28-30-11-3-2-4-12-30)32-13-9-14-33(25-32)47-40-19-7-5-15-35(40)36-16-6-8-20-41(36)47/h2-25H,1,26,28H2/b42-39-,46-43?. The SMILES string of the molecule is C=N/C(=C1/Cc2c(cccc2-c2cccc(-n3c4ccccc4c4ccccc43)c2)C1=NCc1ccccc1)c1ccc(C#N)cc1. The van der Waals surface area contributed by atoms with E-state index in [0.29, 0.717) is 18.5 Å². The topological polar surface area (TPSA) is 53.4 Å². The lowest BCUT2D eigenvalue weighted by atomic mass is 9.96. The summed E-state index contributed by atoms with van der Waals surface area (Å²) in [4.78, 5) is 9.77. The Balaban J connectivity index is 1.29. The van der Waals surface area contributed by atoms with Crippen molar-refractivity contribution in [2.75, 3.05) is 0 Å². The maximum Gasteiger partial charge on any atom is 0.0991 e. The molecule has 0 spiro atoms. The Morgan fingerprint density at radius 2 is 1.36 bits per heavy atom. The molecule has 4 nitrogen and oxygen atoms in total. The van der Waals surface area contributed by atoms with Gasteiger partial charge in [0.1, 0.15) is 0 Å². The molecular weight excluding hydrogens is 573 g/mol. The third kappa shape index (κ3) is 4.95. The second-order valence-electron chi connectivity index (χ2n) is 11.8. The second kappa shape index (κ2) is 11.9. The number of nitriles is 1. The highest BCUT2D eigenvalue weighted by atomic mass is 15.0. The van der Waals surface area contributed by atoms with Crippen molar-refractivity contribution in [1.82, 2.24) is 4.57 Å². The van der Waals surface area contributed by atoms with Gasteiger partial charge < -0.3 is 4.57 Å². The Morgan fingerprint density at radius 3 is 2.06 bits per heavy atom. The number of aliphatic imine (C=N–C) groups is 2. The van der Waals surface area contributed by atoms with Gasteiger partial charge in [-0.2, -0.15) is 5.26 Å². The number of nitrogens with zero attached hydrogens (tertiary/aromatic N) is 4. The smallest absolute Gasteiger partial charge is 0.0991 e. The third-order valence-electron chi connectivity index (χ3n) is 9.06. The van der Waals surface area contributed by atoms with Gasteiger partial charge in [-0.25, -0.2) is 0 Å². The lowest BCUT2D eigenvalue weighted by Crippen LogP contribution is -2.03. The number of aromatic nitrogens is 1. The lowest BCUT2D eigenvalue weighted by Gasteiger charge is -2.12. The molecule has 8 rings (SSSR count). The summed E-state index contributed by atoms with van der Waals surface area (Å²) in [6.45, 7) is 4.54. The van der Waals surface area contributed by atoms with Gasteiger partial charge in [0.15, 0.2) is 0 Å². The Bertz CT molecular complexity index is 2370. The van der Waals surface area contributed by atoms with Gasteiger partial charge in [0, 0.05) is 39.6 Å². The Hall–Kier alpha value is -6.31. The molecule has 0 aliphatic heterocycles. The molecule has 4 heteroatoms. The summed E-state index contributed by atoms with van der Waals surface area (Å²) in [7, 11) is 0. The average Bonchev–Trinajstić information content (AvgIpc) is 3.67. The van der Waals surface area contributed by atoms with Gasteiger partial charge >= 0.3 is 0 Å². The van der Waals surface area contributed by atoms with Gasteiger partial charge in [0.25, 0.3) is 0 Å². The van der Waals surface area contributed by atoms with E-state index in [1.54, 1.807) is 0 Å². The van der Waals surface area contributed by atoms with Crippen molar-refractivity contribution >= 4 is 39.9 Å². The molecule has 6 aromatic carbocycles. The molecule has 0 amide bonds. The van der Waals surface area contributed by atoms with Crippen LogP contribution in [-0.2, 0) is 13.0 Å². The van der Waals surface area contributed by atoms with E-state index in [9.17, 15) is 5.26 Å². The van der Waals surface area contributed by atoms with Gasteiger partial charge in [-0.1, -0.05) is 109 Å². The maximum absolute atomic E-state index is 9.38. The summed E-state index contributed by atoms with van der Waals surface area (Å²) in [6.07, 6.45) is 0.674. The summed E-state index contributed by atoms with van der Waals surface area (Å²) in [5.41, 5.74) is 13.6. The van der Waals surface area contributed by atoms with Crippen LogP contribution in [0.5, 0.6) is 0 Å². The molecule has 0 saturated heterocycles. The van der Waals surface area contributed by atoms with Crippen molar-refractivity contribution in [3.63, 3.8) is 0 Å². The summed E-state index contributed by atoms with van der Waals surface area (Å²) >= 11 is 0. The van der Waals surface area contributed by atoms with Crippen LogP contribution in [0.1, 0.15) is 27.8 Å². The number of hydrogen-bond acceptors (Lipinski definition) is 3. The van der Waals surface area contributed by atoms with Crippen molar-refractivity contribution in [3.05, 3.63) is 179 Å². The van der Waals surface area contributed by atoms with Crippen LogP contribution in [0, 0.1) is 11.3 Å². The molecule has 222 valence electrons. The molecule has 1 aliphatic carbocycles. The van der Waals surface area contributed by atoms with Crippen LogP contribution in [0.25, 0.3) is 44.3 Å². The van der Waals surface area contributed by atoms with E-state index < -0.39 is 0 Å². The number of rotatable bonds is 6. The van der Waals surface area contributed by atoms with E-state index in [2.05, 4.69) is 125 Å². The first-order valence-corrected chi connectivity index (χ1v) is 15.7. The average molecular weight is 603 g/mol.